The molecule has 2 heterocycles. The Hall–Kier alpha value is -0.00364. The summed E-state index contributed by atoms with van der Waals surface area (Å²) in [5.41, 5.74) is 5.90. The van der Waals surface area contributed by atoms with Crippen molar-refractivity contribution in [2.24, 2.45) is 5.92 Å². The molecule has 0 saturated carbocycles. The number of amides is 2. The molecule has 1 aromatic rings. The Bertz CT molecular complexity index is 879. The van der Waals surface area contributed by atoms with Crippen LogP contribution in [-0.2, 0) is 40.4 Å². The topological polar surface area (TPSA) is 87.7 Å². The van der Waals surface area contributed by atoms with E-state index in [1.165, 1.54) is 22.3 Å². The van der Waals surface area contributed by atoms with Crippen LogP contribution >= 0.6 is 0 Å². The number of urea groups is 1. The van der Waals surface area contributed by atoms with Crippen LogP contribution in [0.1, 0.15) is 35.1 Å². The Kier molecular flexibility index (Phi) is 6.78. The molecule has 5 rings (SSSR count). The van der Waals surface area contributed by atoms with Gasteiger partial charge in [0.25, 0.3) is 0 Å². The molecule has 2 fully saturated rings. The number of aryl methyl sites for hydroxylation is 2. The Labute approximate surface area is 214 Å². The van der Waals surface area contributed by atoms with E-state index in [9.17, 15) is 13.2 Å². The van der Waals surface area contributed by atoms with Gasteiger partial charge in [-0.15, -0.1) is 0 Å². The monoisotopic (exact) mass is 444 g/mol. The van der Waals surface area contributed by atoms with Crippen LogP contribution in [0.25, 0.3) is 0 Å². The van der Waals surface area contributed by atoms with Crippen LogP contribution in [0, 0.1) is 5.92 Å². The first-order chi connectivity index (χ1) is 13.5. The van der Waals surface area contributed by atoms with E-state index in [2.05, 4.69) is 21.0 Å². The van der Waals surface area contributed by atoms with Crippen molar-refractivity contribution < 1.29 is 17.9 Å². The van der Waals surface area contributed by atoms with Crippen molar-refractivity contribution in [3.05, 3.63) is 28.3 Å². The van der Waals surface area contributed by atoms with Crippen molar-refractivity contribution in [1.82, 2.24) is 9.62 Å². The number of benzene rings is 1. The standard InChI is InChI=1S/C20H27N3O4S.K/c24-20(22-28(25,26)16-9-23(10-16)8-13-11-27-12-13)21-19-17-5-1-3-14(17)7-15-4-2-6-18(15)19;/h7,13,16H,1-6,8-12H2,(H2,21,22,24);. The molecule has 153 valence electrons. The first-order valence-electron chi connectivity index (χ1n) is 10.3. The quantitative estimate of drug-likeness (QED) is 0.664. The number of fused-ring (bicyclic) bond motifs is 2. The third-order valence-electron chi connectivity index (χ3n) is 6.53. The third-order valence-corrected chi connectivity index (χ3v) is 8.18. The van der Waals surface area contributed by atoms with E-state index in [-0.39, 0.29) is 51.4 Å². The van der Waals surface area contributed by atoms with Crippen LogP contribution in [-0.4, -0.2) is 109 Å². The largest absolute Gasteiger partial charge is 0.381 e. The molecule has 1 aromatic carbocycles. The number of carbonyl (C=O) groups excluding carboxylic acids is 1. The number of rotatable bonds is 5. The molecule has 0 atom stereocenters. The van der Waals surface area contributed by atoms with Gasteiger partial charge in [-0.25, -0.2) is 17.9 Å². The number of likely N-dealkylation sites (tertiary alicyclic amines) is 1. The zero-order chi connectivity index (χ0) is 19.3. The van der Waals surface area contributed by atoms with Gasteiger partial charge in [0.2, 0.25) is 10.0 Å². The van der Waals surface area contributed by atoms with Crippen LogP contribution in [0.2, 0.25) is 0 Å². The first kappa shape index (κ1) is 22.2. The summed E-state index contributed by atoms with van der Waals surface area (Å²) < 4.78 is 32.6. The second-order valence-corrected chi connectivity index (χ2v) is 10.5. The molecular weight excluding hydrogens is 417 g/mol. The average Bonchev–Trinajstić information content (AvgIpc) is 3.19. The Morgan fingerprint density at radius 1 is 1.07 bits per heavy atom. The normalized spacial score (nSPS) is 21.5. The number of hydrogen-bond acceptors (Lipinski definition) is 5. The fourth-order valence-corrected chi connectivity index (χ4v) is 6.23. The van der Waals surface area contributed by atoms with Gasteiger partial charge >= 0.3 is 6.03 Å². The smallest absolute Gasteiger partial charge is 0.332 e. The summed E-state index contributed by atoms with van der Waals surface area (Å²) in [5, 5.41) is 2.38. The van der Waals surface area contributed by atoms with E-state index in [0.29, 0.717) is 19.0 Å². The van der Waals surface area contributed by atoms with Gasteiger partial charge in [0.15, 0.2) is 0 Å². The van der Waals surface area contributed by atoms with Gasteiger partial charge in [-0.05, 0) is 60.8 Å². The maximum Gasteiger partial charge on any atom is 0.332 e. The molecule has 2 N–H and O–H groups in total. The molecule has 7 nitrogen and oxygen atoms in total. The van der Waals surface area contributed by atoms with E-state index in [0.717, 1.165) is 64.0 Å². The Balaban J connectivity index is 0.00000205. The molecule has 4 aliphatic rings. The Morgan fingerprint density at radius 2 is 1.69 bits per heavy atom. The number of anilines is 1. The molecule has 2 amide bonds. The van der Waals surface area contributed by atoms with Crippen molar-refractivity contribution in [2.75, 3.05) is 38.2 Å². The summed E-state index contributed by atoms with van der Waals surface area (Å²) in [7, 11) is -3.66. The number of ether oxygens (including phenoxy) is 1. The van der Waals surface area contributed by atoms with E-state index in [1.807, 2.05) is 0 Å². The minimum absolute atomic E-state index is 0. The predicted octanol–water partition coefficient (Wildman–Crippen LogP) is 1.07. The van der Waals surface area contributed by atoms with Crippen LogP contribution < -0.4 is 10.0 Å². The Morgan fingerprint density at radius 3 is 2.24 bits per heavy atom. The fourth-order valence-electron chi connectivity index (χ4n) is 4.94. The summed E-state index contributed by atoms with van der Waals surface area (Å²) in [4.78, 5) is 14.7. The van der Waals surface area contributed by atoms with E-state index >= 15 is 0 Å². The molecule has 2 aliphatic heterocycles. The first-order valence-corrected chi connectivity index (χ1v) is 11.8. The minimum Gasteiger partial charge on any atom is -0.381 e. The maximum atomic E-state index is 12.6. The van der Waals surface area contributed by atoms with Crippen LogP contribution in [0.15, 0.2) is 6.07 Å². The van der Waals surface area contributed by atoms with Crippen molar-refractivity contribution >= 4 is 73.1 Å². The predicted molar refractivity (Wildman–Crippen MR) is 112 cm³/mol. The molecule has 29 heavy (non-hydrogen) atoms. The number of carbonyl (C=O) groups is 1. The van der Waals surface area contributed by atoms with E-state index in [1.54, 1.807) is 0 Å². The van der Waals surface area contributed by atoms with Gasteiger partial charge in [-0.3, -0.25) is 0 Å². The number of nitrogens with zero attached hydrogens (tertiary/aromatic N) is 1. The molecule has 9 heteroatoms. The maximum absolute atomic E-state index is 12.6. The average molecular weight is 445 g/mol. The molecule has 2 aliphatic carbocycles. The molecule has 0 unspecified atom stereocenters. The molecule has 0 bridgehead atoms. The van der Waals surface area contributed by atoms with Crippen molar-refractivity contribution in [3.8, 4) is 0 Å². The molecule has 0 spiro atoms. The van der Waals surface area contributed by atoms with Gasteiger partial charge in [-0.1, -0.05) is 6.07 Å². The number of sulfonamides is 1. The SMILES string of the molecule is O=C(Nc1c2c(cc3c1CCC3)CCC2)NS(=O)(=O)C1CN(CC2COC2)C1.[K]. The summed E-state index contributed by atoms with van der Waals surface area (Å²) in [6.45, 7) is 3.37. The summed E-state index contributed by atoms with van der Waals surface area (Å²) >= 11 is 0. The van der Waals surface area contributed by atoms with Gasteiger partial charge in [-0.2, -0.15) is 0 Å². The third kappa shape index (κ3) is 4.48. The van der Waals surface area contributed by atoms with E-state index in [4.69, 9.17) is 4.74 Å². The summed E-state index contributed by atoms with van der Waals surface area (Å²) in [5.74, 6) is 0.516. The number of nitrogens with one attached hydrogen (secondary N) is 2. The van der Waals surface area contributed by atoms with Gasteiger partial charge in [0, 0.05) is 82.6 Å². The van der Waals surface area contributed by atoms with Crippen LogP contribution in [0.5, 0.6) is 0 Å². The second kappa shape index (κ2) is 8.86. The molecule has 1 radical (unpaired) electrons. The van der Waals surface area contributed by atoms with Crippen LogP contribution in [0.4, 0.5) is 10.5 Å². The van der Waals surface area contributed by atoms with Crippen molar-refractivity contribution in [1.29, 1.82) is 0 Å². The van der Waals surface area contributed by atoms with Gasteiger partial charge in [0.1, 0.15) is 5.25 Å². The zero-order valence-corrected chi connectivity index (χ0v) is 20.9. The zero-order valence-electron chi connectivity index (χ0n) is 17.0. The number of hydrogen-bond donors (Lipinski definition) is 2. The van der Waals surface area contributed by atoms with Crippen molar-refractivity contribution in [2.45, 2.75) is 43.8 Å². The molecule has 2 saturated heterocycles. The van der Waals surface area contributed by atoms with Crippen LogP contribution in [0.3, 0.4) is 0 Å². The van der Waals surface area contributed by atoms with E-state index < -0.39 is 21.3 Å². The van der Waals surface area contributed by atoms with Crippen molar-refractivity contribution in [3.63, 3.8) is 0 Å². The van der Waals surface area contributed by atoms with Gasteiger partial charge in [0.05, 0.1) is 13.2 Å². The fraction of sp³-hybridized carbons (Fsp3) is 0.650. The molecule has 0 aromatic heterocycles. The summed E-state index contributed by atoms with van der Waals surface area (Å²) in [6, 6.07) is 1.67. The summed E-state index contributed by atoms with van der Waals surface area (Å²) in [6.07, 6.45) is 6.18. The van der Waals surface area contributed by atoms with Gasteiger partial charge < -0.3 is 15.0 Å². The minimum atomic E-state index is -3.66. The second-order valence-electron chi connectivity index (χ2n) is 8.58. The molecular formula is C20H27KN3O4S.